The highest BCUT2D eigenvalue weighted by Gasteiger charge is 2.59. The third-order valence-electron chi connectivity index (χ3n) is 7.07. The van der Waals surface area contributed by atoms with Gasteiger partial charge in [-0.05, 0) is 60.4 Å². The summed E-state index contributed by atoms with van der Waals surface area (Å²) in [4.78, 5) is 40.6. The Hall–Kier alpha value is -3.21. The molecule has 1 heterocycles. The summed E-state index contributed by atoms with van der Waals surface area (Å²) in [6, 6.07) is 12.9. The van der Waals surface area contributed by atoms with Crippen molar-refractivity contribution >= 4 is 29.1 Å². The standard InChI is InChI=1S/C26H26N2O3/c1-3-15-7-5-8-16(4-2)23(15)27-24(29)19-9-6-10-20(14-19)28-25(30)21-17-11-12-18(13-17)22(21)26(28)31/h5-12,14,17-18,21-22H,3-4,13H2,1-2H3,(H,27,29)/t17-,18+,21-,22-/m0/s1. The van der Waals surface area contributed by atoms with E-state index < -0.39 is 0 Å². The minimum Gasteiger partial charge on any atom is -0.321 e. The molecule has 1 saturated heterocycles. The molecule has 2 bridgehead atoms. The van der Waals surface area contributed by atoms with Crippen LogP contribution in [0.3, 0.4) is 0 Å². The van der Waals surface area contributed by atoms with Gasteiger partial charge in [0.2, 0.25) is 11.8 Å². The number of hydrogen-bond acceptors (Lipinski definition) is 3. The van der Waals surface area contributed by atoms with Crippen molar-refractivity contribution in [2.75, 3.05) is 10.2 Å². The minimum absolute atomic E-state index is 0.131. The number of rotatable bonds is 5. The summed E-state index contributed by atoms with van der Waals surface area (Å²) < 4.78 is 0. The molecule has 3 amide bonds. The molecule has 1 aliphatic heterocycles. The van der Waals surface area contributed by atoms with Crippen LogP contribution in [0.4, 0.5) is 11.4 Å². The average molecular weight is 415 g/mol. The Morgan fingerprint density at radius 1 is 0.935 bits per heavy atom. The first-order chi connectivity index (χ1) is 15.0. The first-order valence-corrected chi connectivity index (χ1v) is 11.1. The molecule has 0 unspecified atom stereocenters. The van der Waals surface area contributed by atoms with Crippen LogP contribution < -0.4 is 10.2 Å². The predicted octanol–water partition coefficient (Wildman–Crippen LogP) is 4.38. The van der Waals surface area contributed by atoms with Gasteiger partial charge in [0.05, 0.1) is 17.5 Å². The molecule has 5 heteroatoms. The fourth-order valence-electron chi connectivity index (χ4n) is 5.53. The molecular weight excluding hydrogens is 388 g/mol. The number of amides is 3. The number of benzene rings is 2. The number of carbonyl (C=O) groups excluding carboxylic acids is 3. The summed E-state index contributed by atoms with van der Waals surface area (Å²) in [7, 11) is 0. The van der Waals surface area contributed by atoms with Crippen LogP contribution in [0.25, 0.3) is 0 Å². The Balaban J connectivity index is 1.42. The highest BCUT2D eigenvalue weighted by molar-refractivity contribution is 6.23. The monoisotopic (exact) mass is 414 g/mol. The third kappa shape index (κ3) is 3.02. The second-order valence-electron chi connectivity index (χ2n) is 8.67. The number of allylic oxidation sites excluding steroid dienone is 2. The number of hydrogen-bond donors (Lipinski definition) is 1. The van der Waals surface area contributed by atoms with E-state index in [1.54, 1.807) is 24.3 Å². The Morgan fingerprint density at radius 2 is 1.52 bits per heavy atom. The van der Waals surface area contributed by atoms with Gasteiger partial charge < -0.3 is 5.32 Å². The number of nitrogens with zero attached hydrogens (tertiary/aromatic N) is 1. The van der Waals surface area contributed by atoms with E-state index in [-0.39, 0.29) is 41.4 Å². The van der Waals surface area contributed by atoms with Crippen molar-refractivity contribution in [3.63, 3.8) is 0 Å². The first kappa shape index (κ1) is 19.7. The van der Waals surface area contributed by atoms with Crippen LogP contribution >= 0.6 is 0 Å². The van der Waals surface area contributed by atoms with E-state index in [0.717, 1.165) is 36.1 Å². The molecule has 158 valence electrons. The van der Waals surface area contributed by atoms with E-state index >= 15 is 0 Å². The molecule has 1 N–H and O–H groups in total. The molecule has 2 aliphatic carbocycles. The van der Waals surface area contributed by atoms with Crippen LogP contribution in [0.1, 0.15) is 41.8 Å². The molecule has 0 aromatic heterocycles. The molecule has 2 fully saturated rings. The van der Waals surface area contributed by atoms with Crippen LogP contribution in [0.5, 0.6) is 0 Å². The van der Waals surface area contributed by atoms with Gasteiger partial charge in [-0.15, -0.1) is 0 Å². The van der Waals surface area contributed by atoms with Crippen LogP contribution in [0.15, 0.2) is 54.6 Å². The zero-order chi connectivity index (χ0) is 21.7. The number of nitrogens with one attached hydrogen (secondary N) is 1. The van der Waals surface area contributed by atoms with Gasteiger partial charge in [-0.3, -0.25) is 14.4 Å². The molecule has 5 rings (SSSR count). The quantitative estimate of drug-likeness (QED) is 0.583. The number of para-hydroxylation sites is 1. The van der Waals surface area contributed by atoms with Crippen LogP contribution in [0, 0.1) is 23.7 Å². The number of anilines is 2. The maximum absolute atomic E-state index is 13.1. The molecule has 3 aliphatic rings. The molecule has 2 aromatic rings. The van der Waals surface area contributed by atoms with E-state index in [2.05, 4.69) is 31.3 Å². The lowest BCUT2D eigenvalue weighted by atomic mass is 9.85. The summed E-state index contributed by atoms with van der Waals surface area (Å²) in [5.74, 6) is -0.657. The minimum atomic E-state index is -0.247. The summed E-state index contributed by atoms with van der Waals surface area (Å²) >= 11 is 0. The van der Waals surface area contributed by atoms with Gasteiger partial charge in [-0.1, -0.05) is 50.3 Å². The van der Waals surface area contributed by atoms with E-state index in [4.69, 9.17) is 0 Å². The lowest BCUT2D eigenvalue weighted by Gasteiger charge is -2.18. The number of aryl methyl sites for hydroxylation is 2. The second-order valence-corrected chi connectivity index (χ2v) is 8.67. The fraction of sp³-hybridized carbons (Fsp3) is 0.346. The fourth-order valence-corrected chi connectivity index (χ4v) is 5.53. The highest BCUT2D eigenvalue weighted by Crippen LogP contribution is 2.53. The van der Waals surface area contributed by atoms with E-state index in [1.807, 2.05) is 18.2 Å². The maximum atomic E-state index is 13.1. The zero-order valence-electron chi connectivity index (χ0n) is 17.8. The van der Waals surface area contributed by atoms with Crippen molar-refractivity contribution in [2.24, 2.45) is 23.7 Å². The normalized spacial score (nSPS) is 25.9. The van der Waals surface area contributed by atoms with Crippen molar-refractivity contribution in [3.05, 3.63) is 71.3 Å². The van der Waals surface area contributed by atoms with Gasteiger partial charge in [0.25, 0.3) is 5.91 Å². The maximum Gasteiger partial charge on any atom is 0.255 e. The van der Waals surface area contributed by atoms with Gasteiger partial charge in [0.15, 0.2) is 0 Å². The molecule has 0 spiro atoms. The largest absolute Gasteiger partial charge is 0.321 e. The number of imide groups is 1. The van der Waals surface area contributed by atoms with Gasteiger partial charge in [-0.2, -0.15) is 0 Å². The Kier molecular flexibility index (Phi) is 4.77. The van der Waals surface area contributed by atoms with Crippen molar-refractivity contribution < 1.29 is 14.4 Å². The van der Waals surface area contributed by atoms with Crippen LogP contribution in [0.2, 0.25) is 0 Å². The SMILES string of the molecule is CCc1cccc(CC)c1NC(=O)c1cccc(N2C(=O)[C@@H]3[C@@H](C2=O)[C@H]2C=C[C@@H]3C2)c1. The number of carbonyl (C=O) groups is 3. The van der Waals surface area contributed by atoms with Gasteiger partial charge >= 0.3 is 0 Å². The highest BCUT2D eigenvalue weighted by atomic mass is 16.2. The summed E-state index contributed by atoms with van der Waals surface area (Å²) in [5.41, 5.74) is 3.95. The summed E-state index contributed by atoms with van der Waals surface area (Å²) in [6.45, 7) is 4.13. The van der Waals surface area contributed by atoms with Crippen LogP contribution in [-0.2, 0) is 22.4 Å². The molecule has 4 atom stereocenters. The molecule has 2 aromatic carbocycles. The smallest absolute Gasteiger partial charge is 0.255 e. The summed E-state index contributed by atoms with van der Waals surface area (Å²) in [6.07, 6.45) is 6.71. The van der Waals surface area contributed by atoms with Gasteiger partial charge in [-0.25, -0.2) is 4.90 Å². The Labute approximate surface area is 182 Å². The molecule has 1 saturated carbocycles. The zero-order valence-corrected chi connectivity index (χ0v) is 17.8. The molecular formula is C26H26N2O3. The number of fused-ring (bicyclic) bond motifs is 5. The van der Waals surface area contributed by atoms with E-state index in [0.29, 0.717) is 11.3 Å². The average Bonchev–Trinajstić information content (AvgIpc) is 3.47. The first-order valence-electron chi connectivity index (χ1n) is 11.1. The van der Waals surface area contributed by atoms with Gasteiger partial charge in [0.1, 0.15) is 0 Å². The van der Waals surface area contributed by atoms with Crippen molar-refractivity contribution in [3.8, 4) is 0 Å². The van der Waals surface area contributed by atoms with Crippen LogP contribution in [-0.4, -0.2) is 17.7 Å². The van der Waals surface area contributed by atoms with Crippen molar-refractivity contribution in [2.45, 2.75) is 33.1 Å². The van der Waals surface area contributed by atoms with Crippen molar-refractivity contribution in [1.82, 2.24) is 0 Å². The Morgan fingerprint density at radius 3 is 2.10 bits per heavy atom. The predicted molar refractivity (Wildman–Crippen MR) is 120 cm³/mol. The lowest BCUT2D eigenvalue weighted by Crippen LogP contribution is -2.33. The van der Waals surface area contributed by atoms with Gasteiger partial charge in [0, 0.05) is 11.3 Å². The topological polar surface area (TPSA) is 66.5 Å². The Bertz CT molecular complexity index is 1070. The lowest BCUT2D eigenvalue weighted by molar-refractivity contribution is -0.123. The summed E-state index contributed by atoms with van der Waals surface area (Å²) in [5, 5.41) is 3.06. The van der Waals surface area contributed by atoms with E-state index in [9.17, 15) is 14.4 Å². The third-order valence-corrected chi connectivity index (χ3v) is 7.07. The second kappa shape index (κ2) is 7.49. The molecule has 5 nitrogen and oxygen atoms in total. The molecule has 31 heavy (non-hydrogen) atoms. The van der Waals surface area contributed by atoms with Crippen molar-refractivity contribution in [1.29, 1.82) is 0 Å². The molecule has 0 radical (unpaired) electrons. The van der Waals surface area contributed by atoms with E-state index in [1.165, 1.54) is 4.90 Å².